The molecule has 144 valence electrons. The van der Waals surface area contributed by atoms with E-state index >= 15 is 0 Å². The molecule has 0 bridgehead atoms. The lowest BCUT2D eigenvalue weighted by Crippen LogP contribution is -2.31. The number of carbonyl (C=O) groups is 1. The molecule has 0 saturated carbocycles. The highest BCUT2D eigenvalue weighted by atomic mass is 16.7. The highest BCUT2D eigenvalue weighted by Gasteiger charge is 2.14. The highest BCUT2D eigenvalue weighted by molar-refractivity contribution is 5.75. The van der Waals surface area contributed by atoms with Crippen LogP contribution in [-0.4, -0.2) is 46.1 Å². The van der Waals surface area contributed by atoms with Crippen LogP contribution in [0.15, 0.2) is 42.5 Å². The Labute approximate surface area is 161 Å². The fourth-order valence-electron chi connectivity index (χ4n) is 2.64. The number of hydrogen-bond acceptors (Lipinski definition) is 7. The number of tetrazole rings is 1. The van der Waals surface area contributed by atoms with Crippen molar-refractivity contribution in [2.45, 2.75) is 13.5 Å². The fourth-order valence-corrected chi connectivity index (χ4v) is 2.64. The van der Waals surface area contributed by atoms with Gasteiger partial charge in [0.05, 0.1) is 6.54 Å². The third kappa shape index (κ3) is 4.20. The first-order valence-corrected chi connectivity index (χ1v) is 8.81. The van der Waals surface area contributed by atoms with Crippen LogP contribution in [0.5, 0.6) is 17.2 Å². The van der Waals surface area contributed by atoms with Crippen molar-refractivity contribution in [1.82, 2.24) is 25.5 Å². The van der Waals surface area contributed by atoms with E-state index < -0.39 is 0 Å². The van der Waals surface area contributed by atoms with Crippen LogP contribution in [0.3, 0.4) is 0 Å². The van der Waals surface area contributed by atoms with Crippen LogP contribution in [0.1, 0.15) is 5.56 Å². The number of nitrogens with zero attached hydrogens (tertiary/aromatic N) is 4. The molecule has 2 heterocycles. The zero-order chi connectivity index (χ0) is 19.3. The van der Waals surface area contributed by atoms with Crippen LogP contribution in [0.25, 0.3) is 11.4 Å². The van der Waals surface area contributed by atoms with Gasteiger partial charge >= 0.3 is 0 Å². The number of rotatable bonds is 7. The zero-order valence-electron chi connectivity index (χ0n) is 15.3. The minimum atomic E-state index is -0.220. The summed E-state index contributed by atoms with van der Waals surface area (Å²) in [6, 6.07) is 13.1. The monoisotopic (exact) mass is 381 g/mol. The van der Waals surface area contributed by atoms with Gasteiger partial charge in [-0.2, -0.15) is 4.80 Å². The molecule has 9 nitrogen and oxygen atoms in total. The van der Waals surface area contributed by atoms with Crippen molar-refractivity contribution >= 4 is 5.91 Å². The Hall–Kier alpha value is -3.62. The topological polar surface area (TPSA) is 100 Å². The molecule has 0 atom stereocenters. The van der Waals surface area contributed by atoms with Crippen molar-refractivity contribution in [1.29, 1.82) is 0 Å². The van der Waals surface area contributed by atoms with E-state index in [2.05, 4.69) is 20.7 Å². The quantitative estimate of drug-likeness (QED) is 0.620. The van der Waals surface area contributed by atoms with Gasteiger partial charge in [0.15, 0.2) is 11.5 Å². The third-order valence-electron chi connectivity index (χ3n) is 4.08. The average Bonchev–Trinajstić information content (AvgIpc) is 3.35. The van der Waals surface area contributed by atoms with Crippen LogP contribution in [-0.2, 0) is 11.3 Å². The predicted molar refractivity (Wildman–Crippen MR) is 99.1 cm³/mol. The Kier molecular flexibility index (Phi) is 5.05. The van der Waals surface area contributed by atoms with Gasteiger partial charge in [0, 0.05) is 11.6 Å². The summed E-state index contributed by atoms with van der Waals surface area (Å²) in [7, 11) is 0. The number of aryl methyl sites for hydroxylation is 1. The zero-order valence-corrected chi connectivity index (χ0v) is 15.3. The molecule has 0 fully saturated rings. The van der Waals surface area contributed by atoms with Crippen LogP contribution in [0.4, 0.5) is 0 Å². The van der Waals surface area contributed by atoms with E-state index in [0.717, 1.165) is 11.1 Å². The molecule has 0 spiro atoms. The molecule has 0 radical (unpaired) electrons. The Morgan fingerprint density at radius 3 is 2.86 bits per heavy atom. The molecule has 3 aromatic rings. The predicted octanol–water partition coefficient (Wildman–Crippen LogP) is 1.57. The highest BCUT2D eigenvalue weighted by Crippen LogP contribution is 2.34. The average molecular weight is 381 g/mol. The lowest BCUT2D eigenvalue weighted by atomic mass is 10.1. The van der Waals surface area contributed by atoms with Gasteiger partial charge in [-0.15, -0.1) is 10.2 Å². The lowest BCUT2D eigenvalue weighted by molar-refractivity contribution is -0.122. The van der Waals surface area contributed by atoms with E-state index in [-0.39, 0.29) is 19.2 Å². The molecule has 1 aliphatic heterocycles. The Morgan fingerprint density at radius 1 is 1.18 bits per heavy atom. The molecule has 1 amide bonds. The lowest BCUT2D eigenvalue weighted by Gasteiger charge is -2.08. The summed E-state index contributed by atoms with van der Waals surface area (Å²) in [5.74, 6) is 2.27. The van der Waals surface area contributed by atoms with E-state index in [0.29, 0.717) is 36.2 Å². The summed E-state index contributed by atoms with van der Waals surface area (Å²) in [6.45, 7) is 2.89. The molecule has 1 aromatic heterocycles. The molecule has 9 heteroatoms. The summed E-state index contributed by atoms with van der Waals surface area (Å²) in [6.07, 6.45) is 0. The first kappa shape index (κ1) is 17.8. The first-order valence-electron chi connectivity index (χ1n) is 8.81. The molecule has 1 aliphatic rings. The van der Waals surface area contributed by atoms with Crippen LogP contribution in [0.2, 0.25) is 0 Å². The van der Waals surface area contributed by atoms with Crippen LogP contribution in [0, 0.1) is 6.92 Å². The second-order valence-electron chi connectivity index (χ2n) is 6.22. The maximum atomic E-state index is 12.0. The van der Waals surface area contributed by atoms with Gasteiger partial charge < -0.3 is 19.5 Å². The van der Waals surface area contributed by atoms with E-state index in [9.17, 15) is 4.79 Å². The number of aromatic nitrogens is 4. The SMILES string of the molecule is Cc1ccc(-c2nnn(CC(=O)NCCOc3ccc4c(c3)OCO4)n2)cc1. The van der Waals surface area contributed by atoms with Gasteiger partial charge in [-0.05, 0) is 24.3 Å². The van der Waals surface area contributed by atoms with Crippen molar-refractivity contribution < 1.29 is 19.0 Å². The number of hydrogen-bond donors (Lipinski definition) is 1. The van der Waals surface area contributed by atoms with Crippen LogP contribution < -0.4 is 19.5 Å². The summed E-state index contributed by atoms with van der Waals surface area (Å²) >= 11 is 0. The molecular formula is C19H19N5O4. The van der Waals surface area contributed by atoms with E-state index in [1.54, 1.807) is 18.2 Å². The summed E-state index contributed by atoms with van der Waals surface area (Å²) in [5, 5.41) is 14.9. The van der Waals surface area contributed by atoms with Crippen molar-refractivity contribution in [3.8, 4) is 28.6 Å². The number of ether oxygens (including phenoxy) is 3. The van der Waals surface area contributed by atoms with E-state index in [1.165, 1.54) is 4.80 Å². The van der Waals surface area contributed by atoms with Crippen molar-refractivity contribution in [3.05, 3.63) is 48.0 Å². The van der Waals surface area contributed by atoms with Gasteiger partial charge in [-0.25, -0.2) is 0 Å². The number of nitrogens with one attached hydrogen (secondary N) is 1. The van der Waals surface area contributed by atoms with Crippen molar-refractivity contribution in [2.75, 3.05) is 19.9 Å². The van der Waals surface area contributed by atoms with E-state index in [1.807, 2.05) is 31.2 Å². The number of benzene rings is 2. The first-order chi connectivity index (χ1) is 13.7. The second kappa shape index (κ2) is 7.95. The smallest absolute Gasteiger partial charge is 0.243 e. The Bertz CT molecular complexity index is 971. The van der Waals surface area contributed by atoms with Crippen molar-refractivity contribution in [2.24, 2.45) is 0 Å². The normalized spacial score (nSPS) is 12.0. The summed E-state index contributed by atoms with van der Waals surface area (Å²) in [5.41, 5.74) is 2.01. The summed E-state index contributed by atoms with van der Waals surface area (Å²) in [4.78, 5) is 13.3. The molecule has 2 aromatic carbocycles. The van der Waals surface area contributed by atoms with Crippen molar-refractivity contribution in [3.63, 3.8) is 0 Å². The molecular weight excluding hydrogens is 362 g/mol. The second-order valence-corrected chi connectivity index (χ2v) is 6.22. The third-order valence-corrected chi connectivity index (χ3v) is 4.08. The molecule has 28 heavy (non-hydrogen) atoms. The largest absolute Gasteiger partial charge is 0.492 e. The minimum absolute atomic E-state index is 0.0110. The molecule has 1 N–H and O–H groups in total. The van der Waals surface area contributed by atoms with Gasteiger partial charge in [-0.3, -0.25) is 4.79 Å². The summed E-state index contributed by atoms with van der Waals surface area (Å²) < 4.78 is 16.1. The van der Waals surface area contributed by atoms with E-state index in [4.69, 9.17) is 14.2 Å². The molecule has 4 rings (SSSR count). The molecule has 0 unspecified atom stereocenters. The standard InChI is InChI=1S/C19H19N5O4/c1-13-2-4-14(5-3-13)19-21-23-24(22-19)11-18(25)20-8-9-26-15-6-7-16-17(10-15)28-12-27-16/h2-7,10H,8-9,11-12H2,1H3,(H,20,25). The van der Waals surface area contributed by atoms with Gasteiger partial charge in [0.2, 0.25) is 18.5 Å². The Balaban J connectivity index is 1.22. The Morgan fingerprint density at radius 2 is 2.00 bits per heavy atom. The number of fused-ring (bicyclic) bond motifs is 1. The minimum Gasteiger partial charge on any atom is -0.492 e. The fraction of sp³-hybridized carbons (Fsp3) is 0.263. The maximum Gasteiger partial charge on any atom is 0.243 e. The maximum absolute atomic E-state index is 12.0. The van der Waals surface area contributed by atoms with Crippen LogP contribution >= 0.6 is 0 Å². The van der Waals surface area contributed by atoms with Gasteiger partial charge in [0.1, 0.15) is 18.9 Å². The number of amides is 1. The molecule has 0 aliphatic carbocycles. The van der Waals surface area contributed by atoms with Gasteiger partial charge in [0.25, 0.3) is 0 Å². The molecule has 0 saturated heterocycles. The number of carbonyl (C=O) groups excluding carboxylic acids is 1. The van der Waals surface area contributed by atoms with Gasteiger partial charge in [-0.1, -0.05) is 29.8 Å².